The monoisotopic (exact) mass is 478 g/mol. The molecule has 0 saturated carbocycles. The minimum absolute atomic E-state index is 0.321. The van der Waals surface area contributed by atoms with Gasteiger partial charge >= 0.3 is 0 Å². The van der Waals surface area contributed by atoms with E-state index in [0.29, 0.717) is 0 Å². The van der Waals surface area contributed by atoms with E-state index < -0.39 is 0 Å². The number of hydrogen-bond donors (Lipinski definition) is 0. The van der Waals surface area contributed by atoms with Crippen LogP contribution in [0.5, 0.6) is 0 Å². The maximum Gasteiger partial charge on any atom is 0.0726 e. The number of hydrogen-bond acceptors (Lipinski definition) is 0. The largest absolute Gasteiger partial charge is 0.0843 e. The van der Waals surface area contributed by atoms with Gasteiger partial charge in [0.2, 0.25) is 0 Å². The first kappa shape index (κ1) is 17.8. The fourth-order valence-electron chi connectivity index (χ4n) is 5.90. The lowest BCUT2D eigenvalue weighted by Crippen LogP contribution is -2.25. The predicted octanol–water partition coefficient (Wildman–Crippen LogP) is 8.60. The van der Waals surface area contributed by atoms with Gasteiger partial charge in [-0.3, -0.25) is 0 Å². The molecular formula is C29H16BrCl. The third-order valence-corrected chi connectivity index (χ3v) is 7.72. The molecule has 0 unspecified atom stereocenters. The molecule has 0 amide bonds. The molecule has 0 radical (unpaired) electrons. The van der Waals surface area contributed by atoms with Gasteiger partial charge in [-0.15, -0.1) is 0 Å². The van der Waals surface area contributed by atoms with Crippen LogP contribution < -0.4 is 0 Å². The Morgan fingerprint density at radius 1 is 0.581 bits per heavy atom. The molecule has 0 heterocycles. The fraction of sp³-hybridized carbons (Fsp3) is 0.0345. The quantitative estimate of drug-likeness (QED) is 0.204. The van der Waals surface area contributed by atoms with Crippen molar-refractivity contribution in [2.45, 2.75) is 5.41 Å². The highest BCUT2D eigenvalue weighted by Gasteiger charge is 2.51. The molecule has 0 bridgehead atoms. The van der Waals surface area contributed by atoms with Gasteiger partial charge in [-0.1, -0.05) is 100 Å². The van der Waals surface area contributed by atoms with Gasteiger partial charge in [-0.05, 0) is 79.5 Å². The highest BCUT2D eigenvalue weighted by atomic mass is 79.9. The van der Waals surface area contributed by atoms with Crippen LogP contribution in [0.25, 0.3) is 33.0 Å². The van der Waals surface area contributed by atoms with E-state index in [9.17, 15) is 0 Å². The Bertz CT molecular complexity index is 1520. The van der Waals surface area contributed by atoms with Crippen molar-refractivity contribution in [1.29, 1.82) is 0 Å². The summed E-state index contributed by atoms with van der Waals surface area (Å²) >= 11 is 10.2. The molecule has 31 heavy (non-hydrogen) atoms. The molecule has 146 valence electrons. The van der Waals surface area contributed by atoms with Gasteiger partial charge in [0, 0.05) is 9.50 Å². The Morgan fingerprint density at radius 2 is 1.26 bits per heavy atom. The van der Waals surface area contributed by atoms with Crippen molar-refractivity contribution >= 4 is 38.3 Å². The Kier molecular flexibility index (Phi) is 3.49. The summed E-state index contributed by atoms with van der Waals surface area (Å²) < 4.78 is 1.10. The minimum atomic E-state index is -0.321. The Hall–Kier alpha value is -2.87. The first-order valence-corrected chi connectivity index (χ1v) is 11.6. The van der Waals surface area contributed by atoms with E-state index in [-0.39, 0.29) is 5.41 Å². The first-order chi connectivity index (χ1) is 15.2. The van der Waals surface area contributed by atoms with Crippen LogP contribution in [0.2, 0.25) is 5.02 Å². The summed E-state index contributed by atoms with van der Waals surface area (Å²) in [5.41, 5.74) is 10.3. The molecule has 0 atom stereocenters. The molecule has 0 N–H and O–H groups in total. The van der Waals surface area contributed by atoms with Gasteiger partial charge in [0.25, 0.3) is 0 Å². The topological polar surface area (TPSA) is 0 Å². The molecule has 0 saturated heterocycles. The van der Waals surface area contributed by atoms with Crippen molar-refractivity contribution in [2.75, 3.05) is 0 Å². The van der Waals surface area contributed by atoms with Gasteiger partial charge in [0.05, 0.1) is 5.41 Å². The molecule has 2 aliphatic rings. The van der Waals surface area contributed by atoms with E-state index in [1.165, 1.54) is 55.3 Å². The summed E-state index contributed by atoms with van der Waals surface area (Å²) in [6.07, 6.45) is 0. The molecule has 7 rings (SSSR count). The molecule has 5 aromatic rings. The van der Waals surface area contributed by atoms with Crippen LogP contribution in [0.3, 0.4) is 0 Å². The lowest BCUT2D eigenvalue weighted by molar-refractivity contribution is 0.794. The molecule has 1 spiro atoms. The second-order valence-electron chi connectivity index (χ2n) is 8.38. The summed E-state index contributed by atoms with van der Waals surface area (Å²) in [5.74, 6) is 0. The Labute approximate surface area is 194 Å². The first-order valence-electron chi connectivity index (χ1n) is 10.4. The zero-order valence-corrected chi connectivity index (χ0v) is 18.8. The van der Waals surface area contributed by atoms with Crippen LogP contribution in [0.15, 0.2) is 102 Å². The number of halogens is 2. The average Bonchev–Trinajstić information content (AvgIpc) is 3.26. The number of benzene rings is 5. The SMILES string of the molecule is Clc1ccc2ccc3c(c2c1)-c1ccc(Br)cc1C31c2ccccc2-c2ccccc21. The van der Waals surface area contributed by atoms with E-state index in [2.05, 4.69) is 107 Å². The van der Waals surface area contributed by atoms with Crippen LogP contribution in [0.1, 0.15) is 22.3 Å². The van der Waals surface area contributed by atoms with Crippen molar-refractivity contribution in [3.05, 3.63) is 129 Å². The van der Waals surface area contributed by atoms with E-state index in [0.717, 1.165) is 9.50 Å². The second kappa shape index (κ2) is 6.09. The lowest BCUT2D eigenvalue weighted by atomic mass is 9.70. The predicted molar refractivity (Wildman–Crippen MR) is 133 cm³/mol. The Morgan fingerprint density at radius 3 is 2.00 bits per heavy atom. The Balaban J connectivity index is 1.75. The van der Waals surface area contributed by atoms with Gasteiger partial charge in [-0.2, -0.15) is 0 Å². The van der Waals surface area contributed by atoms with Crippen molar-refractivity contribution in [1.82, 2.24) is 0 Å². The van der Waals surface area contributed by atoms with Crippen LogP contribution >= 0.6 is 27.5 Å². The van der Waals surface area contributed by atoms with Crippen molar-refractivity contribution in [3.63, 3.8) is 0 Å². The summed E-state index contributed by atoms with van der Waals surface area (Å²) in [6, 6.07) is 35.3. The third kappa shape index (κ3) is 2.11. The molecule has 0 aromatic heterocycles. The standard InChI is InChI=1S/C29H16BrCl/c30-18-11-13-22-27(15-18)29(26-14-10-17-9-12-19(31)16-23(17)28(22)26)24-7-3-1-5-20(24)21-6-2-4-8-25(21)29/h1-16H. The van der Waals surface area contributed by atoms with E-state index >= 15 is 0 Å². The summed E-state index contributed by atoms with van der Waals surface area (Å²) in [5, 5.41) is 3.20. The summed E-state index contributed by atoms with van der Waals surface area (Å²) in [7, 11) is 0. The van der Waals surface area contributed by atoms with Crippen LogP contribution in [-0.4, -0.2) is 0 Å². The molecule has 5 aromatic carbocycles. The van der Waals surface area contributed by atoms with E-state index in [4.69, 9.17) is 11.6 Å². The summed E-state index contributed by atoms with van der Waals surface area (Å²) in [4.78, 5) is 0. The zero-order chi connectivity index (χ0) is 20.7. The molecule has 2 aliphatic carbocycles. The van der Waals surface area contributed by atoms with Crippen molar-refractivity contribution < 1.29 is 0 Å². The van der Waals surface area contributed by atoms with Gasteiger partial charge < -0.3 is 0 Å². The van der Waals surface area contributed by atoms with Crippen LogP contribution in [0.4, 0.5) is 0 Å². The zero-order valence-electron chi connectivity index (χ0n) is 16.5. The van der Waals surface area contributed by atoms with Crippen LogP contribution in [0, 0.1) is 0 Å². The van der Waals surface area contributed by atoms with Crippen LogP contribution in [-0.2, 0) is 5.41 Å². The normalized spacial score (nSPS) is 14.4. The van der Waals surface area contributed by atoms with E-state index in [1.54, 1.807) is 0 Å². The van der Waals surface area contributed by atoms with Gasteiger partial charge in [0.1, 0.15) is 0 Å². The average molecular weight is 480 g/mol. The molecule has 0 fully saturated rings. The highest BCUT2D eigenvalue weighted by molar-refractivity contribution is 9.10. The summed E-state index contributed by atoms with van der Waals surface area (Å²) in [6.45, 7) is 0. The van der Waals surface area contributed by atoms with Crippen molar-refractivity contribution in [3.8, 4) is 22.3 Å². The lowest BCUT2D eigenvalue weighted by Gasteiger charge is -2.30. The highest BCUT2D eigenvalue weighted by Crippen LogP contribution is 2.63. The molecular weight excluding hydrogens is 464 g/mol. The van der Waals surface area contributed by atoms with E-state index in [1.807, 2.05) is 6.07 Å². The van der Waals surface area contributed by atoms with Crippen molar-refractivity contribution in [2.24, 2.45) is 0 Å². The molecule has 2 heteroatoms. The third-order valence-electron chi connectivity index (χ3n) is 6.99. The number of rotatable bonds is 0. The molecule has 0 aliphatic heterocycles. The van der Waals surface area contributed by atoms with Gasteiger partial charge in [0.15, 0.2) is 0 Å². The minimum Gasteiger partial charge on any atom is -0.0843 e. The fourth-order valence-corrected chi connectivity index (χ4v) is 6.43. The smallest absolute Gasteiger partial charge is 0.0726 e. The number of fused-ring (bicyclic) bond motifs is 12. The second-order valence-corrected chi connectivity index (χ2v) is 9.74. The maximum absolute atomic E-state index is 6.48. The maximum atomic E-state index is 6.48. The van der Waals surface area contributed by atoms with Gasteiger partial charge in [-0.25, -0.2) is 0 Å². The molecule has 0 nitrogen and oxygen atoms in total.